The number of hydrogen-bond donors (Lipinski definition) is 1. The van der Waals surface area contributed by atoms with Crippen LogP contribution >= 0.6 is 0 Å². The van der Waals surface area contributed by atoms with Crippen LogP contribution in [0, 0.1) is 13.8 Å². The number of imide groups is 1. The monoisotopic (exact) mass is 428 g/mol. The minimum absolute atomic E-state index is 0.233. The molecule has 1 aliphatic rings. The third-order valence-corrected chi connectivity index (χ3v) is 5.64. The molecule has 1 heterocycles. The van der Waals surface area contributed by atoms with Gasteiger partial charge in [0.15, 0.2) is 0 Å². The topological polar surface area (TPSA) is 67.9 Å². The number of hydrogen-bond acceptors (Lipinski definition) is 5. The number of nitrogens with one attached hydrogen (secondary N) is 1. The van der Waals surface area contributed by atoms with Crippen LogP contribution in [0.25, 0.3) is 5.57 Å². The number of carbonyl (C=O) groups excluding carboxylic acids is 2. The van der Waals surface area contributed by atoms with Crippen LogP contribution in [0.15, 0.2) is 72.4 Å². The Labute approximate surface area is 187 Å². The number of amides is 2. The van der Waals surface area contributed by atoms with Crippen LogP contribution in [-0.4, -0.2) is 26.0 Å². The van der Waals surface area contributed by atoms with Gasteiger partial charge in [-0.15, -0.1) is 0 Å². The van der Waals surface area contributed by atoms with Crippen LogP contribution in [0.3, 0.4) is 0 Å². The predicted octanol–water partition coefficient (Wildman–Crippen LogP) is 4.72. The summed E-state index contributed by atoms with van der Waals surface area (Å²) in [7, 11) is 3.12. The maximum Gasteiger partial charge on any atom is 0.282 e. The third kappa shape index (κ3) is 3.71. The highest BCUT2D eigenvalue weighted by Crippen LogP contribution is 2.36. The molecular weight excluding hydrogens is 404 g/mol. The quantitative estimate of drug-likeness (QED) is 0.576. The Morgan fingerprint density at radius 2 is 1.47 bits per heavy atom. The zero-order chi connectivity index (χ0) is 22.8. The fourth-order valence-electron chi connectivity index (χ4n) is 3.68. The standard InChI is InChI=1S/C26H24N2O4/c1-16-7-5-10-22(17(16)2)27-24-23(18-11-13-20(31-3)14-12-18)25(29)28(26(24)30)19-8-6-9-21(15-19)32-4/h5-15,27H,1-4H3. The molecule has 0 unspecified atom stereocenters. The molecule has 162 valence electrons. The lowest BCUT2D eigenvalue weighted by Crippen LogP contribution is -2.32. The van der Waals surface area contributed by atoms with E-state index < -0.39 is 11.8 Å². The molecule has 2 amide bonds. The first-order valence-corrected chi connectivity index (χ1v) is 10.2. The van der Waals surface area contributed by atoms with Gasteiger partial charge in [-0.2, -0.15) is 0 Å². The number of benzene rings is 3. The predicted molar refractivity (Wildman–Crippen MR) is 125 cm³/mol. The third-order valence-electron chi connectivity index (χ3n) is 5.64. The van der Waals surface area contributed by atoms with Crippen molar-refractivity contribution < 1.29 is 19.1 Å². The normalized spacial score (nSPS) is 13.6. The van der Waals surface area contributed by atoms with Crippen LogP contribution in [0.4, 0.5) is 11.4 Å². The van der Waals surface area contributed by atoms with Crippen LogP contribution in [0.2, 0.25) is 0 Å². The van der Waals surface area contributed by atoms with E-state index >= 15 is 0 Å². The van der Waals surface area contributed by atoms with Gasteiger partial charge in [-0.05, 0) is 60.9 Å². The molecule has 6 nitrogen and oxygen atoms in total. The number of rotatable bonds is 6. The van der Waals surface area contributed by atoms with Crippen molar-refractivity contribution in [1.29, 1.82) is 0 Å². The molecule has 0 saturated heterocycles. The Morgan fingerprint density at radius 1 is 0.781 bits per heavy atom. The number of carbonyl (C=O) groups is 2. The number of aryl methyl sites for hydroxylation is 1. The molecule has 0 aromatic heterocycles. The molecule has 0 atom stereocenters. The van der Waals surface area contributed by atoms with E-state index in [0.717, 1.165) is 16.8 Å². The number of ether oxygens (including phenoxy) is 2. The Kier molecular flexibility index (Phi) is 5.69. The maximum atomic E-state index is 13.6. The van der Waals surface area contributed by atoms with Crippen molar-refractivity contribution in [2.75, 3.05) is 24.4 Å². The average molecular weight is 428 g/mol. The second-order valence-electron chi connectivity index (χ2n) is 7.50. The van der Waals surface area contributed by atoms with E-state index in [1.807, 2.05) is 32.0 Å². The molecule has 0 bridgehead atoms. The van der Waals surface area contributed by atoms with Crippen LogP contribution < -0.4 is 19.7 Å². The van der Waals surface area contributed by atoms with E-state index in [4.69, 9.17) is 9.47 Å². The van der Waals surface area contributed by atoms with E-state index in [1.54, 1.807) is 62.8 Å². The molecule has 3 aromatic carbocycles. The minimum Gasteiger partial charge on any atom is -0.497 e. The van der Waals surface area contributed by atoms with E-state index in [1.165, 1.54) is 4.90 Å². The Morgan fingerprint density at radius 3 is 2.16 bits per heavy atom. The number of nitrogens with zero attached hydrogens (tertiary/aromatic N) is 1. The lowest BCUT2D eigenvalue weighted by Gasteiger charge is -2.16. The summed E-state index contributed by atoms with van der Waals surface area (Å²) >= 11 is 0. The van der Waals surface area contributed by atoms with Crippen molar-refractivity contribution in [3.05, 3.63) is 89.1 Å². The Hall–Kier alpha value is -4.06. The van der Waals surface area contributed by atoms with Gasteiger partial charge in [0.05, 0.1) is 25.5 Å². The van der Waals surface area contributed by atoms with E-state index in [0.29, 0.717) is 28.3 Å². The summed E-state index contributed by atoms with van der Waals surface area (Å²) in [5.74, 6) is 0.404. The number of methoxy groups -OCH3 is 2. The average Bonchev–Trinajstić information content (AvgIpc) is 3.06. The first-order chi connectivity index (χ1) is 15.4. The molecule has 0 saturated carbocycles. The molecule has 1 N–H and O–H groups in total. The summed E-state index contributed by atoms with van der Waals surface area (Å²) in [5.41, 5.74) is 4.49. The van der Waals surface area contributed by atoms with E-state index in [-0.39, 0.29) is 5.70 Å². The van der Waals surface area contributed by atoms with Crippen molar-refractivity contribution in [2.45, 2.75) is 13.8 Å². The largest absolute Gasteiger partial charge is 0.497 e. The summed E-state index contributed by atoms with van der Waals surface area (Å²) in [6.07, 6.45) is 0. The van der Waals surface area contributed by atoms with E-state index in [9.17, 15) is 9.59 Å². The second kappa shape index (κ2) is 8.59. The Bertz CT molecular complexity index is 1230. The van der Waals surface area contributed by atoms with Gasteiger partial charge in [0.25, 0.3) is 11.8 Å². The minimum atomic E-state index is -0.421. The molecule has 3 aromatic rings. The van der Waals surface area contributed by atoms with Crippen molar-refractivity contribution in [2.24, 2.45) is 0 Å². The first kappa shape index (κ1) is 21.2. The summed E-state index contributed by atoms with van der Waals surface area (Å²) in [5, 5.41) is 3.24. The highest BCUT2D eigenvalue weighted by Gasteiger charge is 2.40. The summed E-state index contributed by atoms with van der Waals surface area (Å²) in [4.78, 5) is 28.3. The fraction of sp³-hybridized carbons (Fsp3) is 0.154. The molecule has 0 spiro atoms. The van der Waals surface area contributed by atoms with Gasteiger partial charge in [0, 0.05) is 11.8 Å². The van der Waals surface area contributed by atoms with Crippen molar-refractivity contribution in [3.63, 3.8) is 0 Å². The summed E-state index contributed by atoms with van der Waals surface area (Å²) in [6.45, 7) is 3.98. The maximum absolute atomic E-state index is 13.6. The van der Waals surface area contributed by atoms with Crippen molar-refractivity contribution >= 4 is 28.8 Å². The molecule has 6 heteroatoms. The smallest absolute Gasteiger partial charge is 0.282 e. The molecule has 0 aliphatic carbocycles. The lowest BCUT2D eigenvalue weighted by molar-refractivity contribution is -0.120. The van der Waals surface area contributed by atoms with Gasteiger partial charge in [0.2, 0.25) is 0 Å². The lowest BCUT2D eigenvalue weighted by atomic mass is 10.0. The molecule has 32 heavy (non-hydrogen) atoms. The zero-order valence-corrected chi connectivity index (χ0v) is 18.4. The van der Waals surface area contributed by atoms with Crippen LogP contribution in [0.1, 0.15) is 16.7 Å². The van der Waals surface area contributed by atoms with Crippen molar-refractivity contribution in [3.8, 4) is 11.5 Å². The summed E-state index contributed by atoms with van der Waals surface area (Å²) in [6, 6.07) is 19.8. The highest BCUT2D eigenvalue weighted by atomic mass is 16.5. The van der Waals surface area contributed by atoms with E-state index in [2.05, 4.69) is 5.32 Å². The van der Waals surface area contributed by atoms with Gasteiger partial charge < -0.3 is 14.8 Å². The molecule has 1 aliphatic heterocycles. The van der Waals surface area contributed by atoms with Crippen molar-refractivity contribution in [1.82, 2.24) is 0 Å². The SMILES string of the molecule is COc1ccc(C2=C(Nc3cccc(C)c3C)C(=O)N(c3cccc(OC)c3)C2=O)cc1. The second-order valence-corrected chi connectivity index (χ2v) is 7.50. The van der Waals surface area contributed by atoms with Gasteiger partial charge in [-0.25, -0.2) is 4.90 Å². The van der Waals surface area contributed by atoms with Gasteiger partial charge >= 0.3 is 0 Å². The molecule has 4 rings (SSSR count). The zero-order valence-electron chi connectivity index (χ0n) is 18.4. The fourth-order valence-corrected chi connectivity index (χ4v) is 3.68. The Balaban J connectivity index is 1.84. The highest BCUT2D eigenvalue weighted by molar-refractivity contribution is 6.46. The molecule has 0 fully saturated rings. The molecular formula is C26H24N2O4. The van der Waals surface area contributed by atoms with Gasteiger partial charge in [-0.1, -0.05) is 30.3 Å². The van der Waals surface area contributed by atoms with Crippen LogP contribution in [0.5, 0.6) is 11.5 Å². The number of anilines is 2. The first-order valence-electron chi connectivity index (χ1n) is 10.2. The van der Waals surface area contributed by atoms with Crippen LogP contribution in [-0.2, 0) is 9.59 Å². The van der Waals surface area contributed by atoms with Gasteiger partial charge in [0.1, 0.15) is 17.2 Å². The molecule has 0 radical (unpaired) electrons. The summed E-state index contributed by atoms with van der Waals surface area (Å²) < 4.78 is 10.5. The van der Waals surface area contributed by atoms with Gasteiger partial charge in [-0.3, -0.25) is 9.59 Å².